The van der Waals surface area contributed by atoms with E-state index in [4.69, 9.17) is 14.2 Å². The summed E-state index contributed by atoms with van der Waals surface area (Å²) < 4.78 is 18.2. The van der Waals surface area contributed by atoms with Crippen molar-refractivity contribution in [1.29, 1.82) is 0 Å². The van der Waals surface area contributed by atoms with Gasteiger partial charge < -0.3 is 29.5 Å². The fourth-order valence-electron chi connectivity index (χ4n) is 5.23. The van der Waals surface area contributed by atoms with Gasteiger partial charge in [0.25, 0.3) is 0 Å². The highest BCUT2D eigenvalue weighted by Crippen LogP contribution is 2.42. The molecule has 1 amide bonds. The second kappa shape index (κ2) is 14.4. The Kier molecular flexibility index (Phi) is 10.8. The Morgan fingerprint density at radius 1 is 1.00 bits per heavy atom. The minimum Gasteiger partial charge on any atom is -0.445 e. The molecule has 2 aromatic rings. The lowest BCUT2D eigenvalue weighted by molar-refractivity contribution is -0.276. The topological polar surface area (TPSA) is 80.3 Å². The monoisotopic (exact) mass is 522 g/mol. The van der Waals surface area contributed by atoms with Crippen molar-refractivity contribution < 1.29 is 24.1 Å². The zero-order valence-electron chi connectivity index (χ0n) is 22.5. The molecule has 0 aromatic heterocycles. The molecule has 0 aliphatic carbocycles. The fourth-order valence-corrected chi connectivity index (χ4v) is 5.23. The molecule has 0 spiro atoms. The van der Waals surface area contributed by atoms with Gasteiger partial charge in [-0.25, -0.2) is 4.79 Å². The standard InChI is InChI=1S/C31H42N2O5/c1-3-19-36-31(35)32-20-24-9-15-27(16-10-24)30-37-28(21-33-17-7-5-4-6-8-18-33)23(2)29(38-30)26-13-11-25(22-34)12-14-26/h3,9-16,23,28-30,34H,1,4-8,17-22H2,2H3,(H,32,35)/t23-,28+,29+,30+/m1/s1. The Hall–Kier alpha value is -2.71. The predicted molar refractivity (Wildman–Crippen MR) is 147 cm³/mol. The van der Waals surface area contributed by atoms with Crippen LogP contribution in [0.5, 0.6) is 0 Å². The molecule has 0 saturated carbocycles. The van der Waals surface area contributed by atoms with E-state index < -0.39 is 12.4 Å². The van der Waals surface area contributed by atoms with E-state index in [0.717, 1.165) is 41.9 Å². The van der Waals surface area contributed by atoms with Crippen LogP contribution in [0.15, 0.2) is 61.2 Å². The first kappa shape index (κ1) is 28.3. The van der Waals surface area contributed by atoms with Crippen molar-refractivity contribution in [2.45, 2.75) is 70.7 Å². The minimum atomic E-state index is -0.493. The molecule has 2 saturated heterocycles. The summed E-state index contributed by atoms with van der Waals surface area (Å²) >= 11 is 0. The lowest BCUT2D eigenvalue weighted by Gasteiger charge is -2.43. The summed E-state index contributed by atoms with van der Waals surface area (Å²) in [6, 6.07) is 16.0. The number of aliphatic hydroxyl groups excluding tert-OH is 1. The lowest BCUT2D eigenvalue weighted by Crippen LogP contribution is -2.45. The van der Waals surface area contributed by atoms with Crippen molar-refractivity contribution >= 4 is 6.09 Å². The summed E-state index contributed by atoms with van der Waals surface area (Å²) in [5, 5.41) is 12.2. The van der Waals surface area contributed by atoms with Gasteiger partial charge in [-0.2, -0.15) is 0 Å². The molecule has 206 valence electrons. The Bertz CT molecular complexity index is 1000. The Morgan fingerprint density at radius 2 is 1.63 bits per heavy atom. The number of alkyl carbamates (subject to hydrolysis) is 1. The van der Waals surface area contributed by atoms with Gasteiger partial charge in [0.05, 0.1) is 18.8 Å². The predicted octanol–water partition coefficient (Wildman–Crippen LogP) is 5.65. The third-order valence-electron chi connectivity index (χ3n) is 7.53. The molecule has 0 radical (unpaired) electrons. The van der Waals surface area contributed by atoms with Gasteiger partial charge in [0.1, 0.15) is 6.61 Å². The number of carbonyl (C=O) groups excluding carboxylic acids is 1. The number of aliphatic hydroxyl groups is 1. The van der Waals surface area contributed by atoms with Gasteiger partial charge in [0.2, 0.25) is 0 Å². The smallest absolute Gasteiger partial charge is 0.407 e. The molecule has 2 N–H and O–H groups in total. The maximum Gasteiger partial charge on any atom is 0.407 e. The molecule has 2 aliphatic rings. The summed E-state index contributed by atoms with van der Waals surface area (Å²) in [7, 11) is 0. The quantitative estimate of drug-likeness (QED) is 0.415. The van der Waals surface area contributed by atoms with Crippen LogP contribution in [-0.4, -0.2) is 48.4 Å². The van der Waals surface area contributed by atoms with Gasteiger partial charge in [0, 0.05) is 24.6 Å². The van der Waals surface area contributed by atoms with Gasteiger partial charge >= 0.3 is 6.09 Å². The Balaban J connectivity index is 1.48. The van der Waals surface area contributed by atoms with E-state index in [1.807, 2.05) is 36.4 Å². The maximum atomic E-state index is 11.7. The molecule has 7 nitrogen and oxygen atoms in total. The fraction of sp³-hybridized carbons (Fsp3) is 0.516. The third-order valence-corrected chi connectivity index (χ3v) is 7.53. The van der Waals surface area contributed by atoms with Gasteiger partial charge in [-0.1, -0.05) is 87.4 Å². The number of ether oxygens (including phenoxy) is 3. The molecular weight excluding hydrogens is 480 g/mol. The van der Waals surface area contributed by atoms with E-state index >= 15 is 0 Å². The van der Waals surface area contributed by atoms with Crippen LogP contribution in [0, 0.1) is 5.92 Å². The van der Waals surface area contributed by atoms with Crippen molar-refractivity contribution in [3.8, 4) is 0 Å². The van der Waals surface area contributed by atoms with Crippen LogP contribution in [0.25, 0.3) is 0 Å². The molecule has 2 aliphatic heterocycles. The molecule has 4 atom stereocenters. The van der Waals surface area contributed by atoms with Crippen LogP contribution < -0.4 is 5.32 Å². The highest BCUT2D eigenvalue weighted by atomic mass is 16.7. The largest absolute Gasteiger partial charge is 0.445 e. The minimum absolute atomic E-state index is 0.0247. The van der Waals surface area contributed by atoms with E-state index in [0.29, 0.717) is 6.54 Å². The normalized spacial score (nSPS) is 24.7. The van der Waals surface area contributed by atoms with Gasteiger partial charge in [-0.3, -0.25) is 0 Å². The maximum absolute atomic E-state index is 11.7. The summed E-state index contributed by atoms with van der Waals surface area (Å²) in [6.07, 6.45) is 6.90. The highest BCUT2D eigenvalue weighted by molar-refractivity contribution is 5.67. The highest BCUT2D eigenvalue weighted by Gasteiger charge is 2.39. The number of benzene rings is 2. The number of amides is 1. The molecule has 2 heterocycles. The van der Waals surface area contributed by atoms with Gasteiger partial charge in [0.15, 0.2) is 6.29 Å². The first-order valence-electron chi connectivity index (χ1n) is 13.9. The zero-order chi connectivity index (χ0) is 26.7. The number of likely N-dealkylation sites (tertiary alicyclic amines) is 1. The second-order valence-corrected chi connectivity index (χ2v) is 10.4. The number of carbonyl (C=O) groups is 1. The summed E-state index contributed by atoms with van der Waals surface area (Å²) in [5.74, 6) is 0.168. The number of hydrogen-bond acceptors (Lipinski definition) is 6. The van der Waals surface area contributed by atoms with Crippen LogP contribution in [0.2, 0.25) is 0 Å². The van der Waals surface area contributed by atoms with Crippen molar-refractivity contribution in [3.05, 3.63) is 83.4 Å². The van der Waals surface area contributed by atoms with E-state index in [9.17, 15) is 9.90 Å². The first-order chi connectivity index (χ1) is 18.6. The molecule has 0 unspecified atom stereocenters. The second-order valence-electron chi connectivity index (χ2n) is 10.4. The van der Waals surface area contributed by atoms with Crippen LogP contribution in [0.4, 0.5) is 4.79 Å². The van der Waals surface area contributed by atoms with Gasteiger partial charge in [-0.05, 0) is 42.6 Å². The van der Waals surface area contributed by atoms with Crippen molar-refractivity contribution in [3.63, 3.8) is 0 Å². The Labute approximate surface area is 226 Å². The molecular formula is C31H42N2O5. The number of nitrogens with one attached hydrogen (secondary N) is 1. The summed E-state index contributed by atoms with van der Waals surface area (Å²) in [4.78, 5) is 14.3. The van der Waals surface area contributed by atoms with Crippen molar-refractivity contribution in [2.24, 2.45) is 5.92 Å². The van der Waals surface area contributed by atoms with Crippen molar-refractivity contribution in [2.75, 3.05) is 26.2 Å². The molecule has 2 fully saturated rings. The van der Waals surface area contributed by atoms with Crippen LogP contribution in [-0.2, 0) is 27.4 Å². The molecule has 7 heteroatoms. The number of hydrogen-bond donors (Lipinski definition) is 2. The van der Waals surface area contributed by atoms with E-state index in [2.05, 4.69) is 35.9 Å². The van der Waals surface area contributed by atoms with E-state index in [-0.39, 0.29) is 31.3 Å². The SMILES string of the molecule is C=CCOC(=O)NCc1ccc([C@H]2O[C@@H](CN3CCCCCCC3)[C@@H](C)[C@@H](c3ccc(CO)cc3)O2)cc1. The van der Waals surface area contributed by atoms with Crippen LogP contribution >= 0.6 is 0 Å². The van der Waals surface area contributed by atoms with E-state index in [1.165, 1.54) is 38.2 Å². The first-order valence-corrected chi connectivity index (χ1v) is 13.9. The van der Waals surface area contributed by atoms with Gasteiger partial charge in [-0.15, -0.1) is 0 Å². The average molecular weight is 523 g/mol. The van der Waals surface area contributed by atoms with Crippen LogP contribution in [0.3, 0.4) is 0 Å². The lowest BCUT2D eigenvalue weighted by atomic mass is 9.89. The molecule has 2 aromatic carbocycles. The Morgan fingerprint density at radius 3 is 2.29 bits per heavy atom. The third kappa shape index (κ3) is 7.90. The average Bonchev–Trinajstić information content (AvgIpc) is 2.93. The number of nitrogens with zero attached hydrogens (tertiary/aromatic N) is 1. The summed E-state index contributed by atoms with van der Waals surface area (Å²) in [5.41, 5.74) is 3.89. The van der Waals surface area contributed by atoms with Crippen LogP contribution in [0.1, 0.15) is 73.7 Å². The molecule has 4 rings (SSSR count). The zero-order valence-corrected chi connectivity index (χ0v) is 22.5. The molecule has 0 bridgehead atoms. The molecule has 38 heavy (non-hydrogen) atoms. The number of rotatable bonds is 9. The van der Waals surface area contributed by atoms with E-state index in [1.54, 1.807) is 0 Å². The van der Waals surface area contributed by atoms with Crippen molar-refractivity contribution in [1.82, 2.24) is 10.2 Å². The summed E-state index contributed by atoms with van der Waals surface area (Å²) in [6.45, 7) is 9.47.